The second-order valence-electron chi connectivity index (χ2n) is 19.3. The molecular formula is C53H92N6O6S2. The van der Waals surface area contributed by atoms with E-state index in [9.17, 15) is 15.2 Å². The van der Waals surface area contributed by atoms with E-state index in [4.69, 9.17) is 0 Å². The number of pyridine rings is 1. The zero-order valence-electron chi connectivity index (χ0n) is 43.8. The molecule has 0 saturated carbocycles. The lowest BCUT2D eigenvalue weighted by molar-refractivity contribution is 0.270. The fourth-order valence-corrected chi connectivity index (χ4v) is 12.4. The van der Waals surface area contributed by atoms with Crippen molar-refractivity contribution >= 4 is 31.4 Å². The molecule has 0 saturated heterocycles. The van der Waals surface area contributed by atoms with E-state index in [1.54, 1.807) is 8.61 Å². The number of nitriles is 1. The maximum Gasteiger partial charge on any atom is 0.281 e. The number of benzene rings is 1. The van der Waals surface area contributed by atoms with Crippen LogP contribution in [0.25, 0.3) is 0 Å². The van der Waals surface area contributed by atoms with Crippen LogP contribution < -0.4 is 5.56 Å². The molecule has 2 rings (SSSR count). The van der Waals surface area contributed by atoms with Gasteiger partial charge >= 0.3 is 0 Å². The summed E-state index contributed by atoms with van der Waals surface area (Å²) in [5, 5.41) is 30.5. The van der Waals surface area contributed by atoms with E-state index in [1.807, 2.05) is 13.0 Å². The van der Waals surface area contributed by atoms with E-state index in [1.165, 1.54) is 29.7 Å². The summed E-state index contributed by atoms with van der Waals surface area (Å²) in [6, 6.07) is 6.13. The van der Waals surface area contributed by atoms with E-state index in [0.29, 0.717) is 26.2 Å². The van der Waals surface area contributed by atoms with Gasteiger partial charge in [0.1, 0.15) is 22.2 Å². The van der Waals surface area contributed by atoms with Crippen LogP contribution in [0.1, 0.15) is 209 Å². The Labute approximate surface area is 408 Å². The first-order chi connectivity index (χ1) is 32.0. The number of sulfonamides is 2. The smallest absolute Gasteiger partial charge is 0.281 e. The molecular weight excluding hydrogens is 881 g/mol. The third kappa shape index (κ3) is 17.7. The van der Waals surface area contributed by atoms with Crippen LogP contribution in [0.4, 0.5) is 11.4 Å². The average Bonchev–Trinajstić information content (AvgIpc) is 3.32. The van der Waals surface area contributed by atoms with Crippen molar-refractivity contribution in [1.29, 1.82) is 5.26 Å². The first kappa shape index (κ1) is 60.0. The molecule has 5 atom stereocenters. The van der Waals surface area contributed by atoms with Gasteiger partial charge in [0.05, 0.1) is 4.90 Å². The summed E-state index contributed by atoms with van der Waals surface area (Å²) in [4.78, 5) is 14.1. The number of rotatable bonds is 36. The highest BCUT2D eigenvalue weighted by molar-refractivity contribution is 7.89. The second-order valence-corrected chi connectivity index (χ2v) is 23.1. The van der Waals surface area contributed by atoms with E-state index in [-0.39, 0.29) is 68.4 Å². The first-order valence-electron chi connectivity index (χ1n) is 26.4. The molecule has 67 heavy (non-hydrogen) atoms. The summed E-state index contributed by atoms with van der Waals surface area (Å²) < 4.78 is 65.4. The van der Waals surface area contributed by atoms with Gasteiger partial charge in [-0.25, -0.2) is 16.8 Å². The van der Waals surface area contributed by atoms with Crippen LogP contribution >= 0.6 is 0 Å². The summed E-state index contributed by atoms with van der Waals surface area (Å²) in [5.74, 6) is 0.123. The molecule has 0 radical (unpaired) electrons. The summed E-state index contributed by atoms with van der Waals surface area (Å²) >= 11 is 0. The third-order valence-electron chi connectivity index (χ3n) is 14.2. The van der Waals surface area contributed by atoms with Crippen molar-refractivity contribution in [3.05, 3.63) is 39.7 Å². The van der Waals surface area contributed by atoms with Gasteiger partial charge in [-0.2, -0.15) is 13.9 Å². The van der Waals surface area contributed by atoms with Crippen molar-refractivity contribution < 1.29 is 21.9 Å². The Morgan fingerprint density at radius 3 is 1.37 bits per heavy atom. The second kappa shape index (κ2) is 31.2. The van der Waals surface area contributed by atoms with Crippen LogP contribution in [0.3, 0.4) is 0 Å². The van der Waals surface area contributed by atoms with Crippen LogP contribution in [0.5, 0.6) is 5.88 Å². The quantitative estimate of drug-likeness (QED) is 0.0664. The van der Waals surface area contributed by atoms with Gasteiger partial charge in [-0.15, -0.1) is 10.2 Å². The van der Waals surface area contributed by atoms with Gasteiger partial charge in [-0.05, 0) is 86.8 Å². The summed E-state index contributed by atoms with van der Waals surface area (Å²) in [6.07, 6.45) is 18.2. The topological polar surface area (TPSA) is 166 Å². The Bertz CT molecular complexity index is 2080. The molecule has 5 unspecified atom stereocenters. The number of nitrogens with zero attached hydrogens (tertiary/aromatic N) is 6. The van der Waals surface area contributed by atoms with Gasteiger partial charge in [-0.3, -0.25) is 9.36 Å². The molecule has 1 heterocycles. The number of hydrogen-bond acceptors (Lipinski definition) is 9. The van der Waals surface area contributed by atoms with E-state index in [0.717, 1.165) is 128 Å². The zero-order chi connectivity index (χ0) is 50.2. The predicted octanol–water partition coefficient (Wildman–Crippen LogP) is 14.2. The third-order valence-corrected chi connectivity index (χ3v) is 17.9. The van der Waals surface area contributed by atoms with E-state index >= 15 is 16.8 Å². The highest BCUT2D eigenvalue weighted by atomic mass is 32.2. The number of aromatic nitrogens is 1. The Balaban J connectivity index is 3.11. The highest BCUT2D eigenvalue weighted by Gasteiger charge is 2.34. The SMILES string of the molecule is CCCCC(CC)CN(CC(CC)CCCC)S(=O)(=O)c1ccc(S(=O)(=O)N(CC(CC)CCCC)CC(CC)CCCC)c(N=Nc2c(C)c(C#N)c(O)n(CC(CC)CCCC)c2=O)c1. The minimum Gasteiger partial charge on any atom is -0.493 e. The molecule has 12 nitrogen and oxygen atoms in total. The molecule has 382 valence electrons. The van der Waals surface area contributed by atoms with E-state index < -0.39 is 31.5 Å². The van der Waals surface area contributed by atoms with Gasteiger partial charge in [0.2, 0.25) is 25.9 Å². The fourth-order valence-electron chi connectivity index (χ4n) is 9.11. The van der Waals surface area contributed by atoms with Crippen molar-refractivity contribution in [1.82, 2.24) is 13.2 Å². The molecule has 0 aliphatic carbocycles. The van der Waals surface area contributed by atoms with Gasteiger partial charge in [-0.1, -0.05) is 166 Å². The van der Waals surface area contributed by atoms with Gasteiger partial charge < -0.3 is 5.11 Å². The lowest BCUT2D eigenvalue weighted by Crippen LogP contribution is -2.39. The van der Waals surface area contributed by atoms with Crippen LogP contribution in [-0.4, -0.2) is 61.3 Å². The summed E-state index contributed by atoms with van der Waals surface area (Å²) in [5.41, 5.74) is -1.09. The largest absolute Gasteiger partial charge is 0.493 e. The number of unbranched alkanes of at least 4 members (excludes halogenated alkanes) is 5. The fraction of sp³-hybridized carbons (Fsp3) is 0.774. The predicted molar refractivity (Wildman–Crippen MR) is 276 cm³/mol. The van der Waals surface area contributed by atoms with Crippen molar-refractivity contribution in [3.8, 4) is 11.9 Å². The Morgan fingerprint density at radius 1 is 0.612 bits per heavy atom. The zero-order valence-corrected chi connectivity index (χ0v) is 45.4. The molecule has 0 spiro atoms. The van der Waals surface area contributed by atoms with Crippen molar-refractivity contribution in [3.63, 3.8) is 0 Å². The number of hydrogen-bond donors (Lipinski definition) is 1. The van der Waals surface area contributed by atoms with Crippen LogP contribution in [-0.2, 0) is 26.6 Å². The van der Waals surface area contributed by atoms with Gasteiger partial charge in [0.25, 0.3) is 5.56 Å². The lowest BCUT2D eigenvalue weighted by atomic mass is 9.97. The Hall–Kier alpha value is -3.12. The minimum atomic E-state index is -4.33. The van der Waals surface area contributed by atoms with Gasteiger partial charge in [0.15, 0.2) is 5.69 Å². The molecule has 1 aromatic carbocycles. The monoisotopic (exact) mass is 973 g/mol. The molecule has 0 aliphatic rings. The normalized spacial score (nSPS) is 14.7. The molecule has 0 fully saturated rings. The standard InChI is InChI=1S/C53H92N6O6S2/c1-12-22-27-42(17-6)36-57(37-43(18-7)28-23-13-2)66(62,63)47-32-33-50(67(64,65)58(38-44(19-8)29-24-14-3)39-45(20-9)30-25-15-4)49(34-47)55-56-51-41(11)48(35-54)52(60)59(53(51)61)40-46(21-10)31-26-16-5/h32-34,42-46,60H,12-31,36-40H2,1-11H3. The first-order valence-corrected chi connectivity index (χ1v) is 29.3. The molecule has 0 aliphatic heterocycles. The Kier molecular flexibility index (Phi) is 27.9. The average molecular weight is 973 g/mol. The van der Waals surface area contributed by atoms with Crippen LogP contribution in [0.15, 0.2) is 43.0 Å². The summed E-state index contributed by atoms with van der Waals surface area (Å²) in [7, 11) is -8.52. The molecule has 1 N–H and O–H groups in total. The molecule has 1 aromatic heterocycles. The lowest BCUT2D eigenvalue weighted by Gasteiger charge is -2.31. The van der Waals surface area contributed by atoms with Crippen molar-refractivity contribution in [2.45, 2.75) is 221 Å². The Morgan fingerprint density at radius 2 is 1.00 bits per heavy atom. The van der Waals surface area contributed by atoms with Crippen molar-refractivity contribution in [2.75, 3.05) is 26.2 Å². The van der Waals surface area contributed by atoms with Crippen LogP contribution in [0, 0.1) is 47.8 Å². The number of aromatic hydroxyl groups is 1. The van der Waals surface area contributed by atoms with E-state index in [2.05, 4.69) is 72.5 Å². The highest BCUT2D eigenvalue weighted by Crippen LogP contribution is 2.36. The maximum atomic E-state index is 15.4. The maximum absolute atomic E-state index is 15.4. The van der Waals surface area contributed by atoms with Crippen molar-refractivity contribution in [2.24, 2.45) is 39.8 Å². The summed E-state index contributed by atoms with van der Waals surface area (Å²) in [6.45, 7) is 24.0. The molecule has 14 heteroatoms. The van der Waals surface area contributed by atoms with Gasteiger partial charge in [0, 0.05) is 38.3 Å². The minimum absolute atomic E-state index is 0.0484. The number of azo groups is 1. The molecule has 2 aromatic rings. The molecule has 0 bridgehead atoms. The van der Waals surface area contributed by atoms with Crippen LogP contribution in [0.2, 0.25) is 0 Å². The molecule has 0 amide bonds.